The first kappa shape index (κ1) is 17.9. The van der Waals surface area contributed by atoms with E-state index in [0.29, 0.717) is 5.65 Å². The molecule has 0 fully saturated rings. The third-order valence-corrected chi connectivity index (χ3v) is 4.87. The molecule has 0 unspecified atom stereocenters. The smallest absolute Gasteiger partial charge is 0.270 e. The number of carbonyl (C=O) groups excluding carboxylic acids is 1. The molecule has 5 heteroatoms. The van der Waals surface area contributed by atoms with E-state index in [1.807, 2.05) is 33.8 Å². The van der Waals surface area contributed by atoms with Gasteiger partial charge in [-0.3, -0.25) is 14.0 Å². The van der Waals surface area contributed by atoms with E-state index >= 15 is 0 Å². The van der Waals surface area contributed by atoms with Crippen LogP contribution < -0.4 is 5.56 Å². The molecule has 0 saturated carbocycles. The molecular weight excluding hydrogens is 326 g/mol. The summed E-state index contributed by atoms with van der Waals surface area (Å²) in [6, 6.07) is 9.69. The maximum atomic E-state index is 13.0. The van der Waals surface area contributed by atoms with Gasteiger partial charge in [-0.15, -0.1) is 0 Å². The van der Waals surface area contributed by atoms with Crippen LogP contribution in [0.3, 0.4) is 0 Å². The molecule has 0 aliphatic carbocycles. The van der Waals surface area contributed by atoms with Crippen LogP contribution in [0.5, 0.6) is 0 Å². The predicted octanol–water partition coefficient (Wildman–Crippen LogP) is 3.45. The average Bonchev–Trinajstić information content (AvgIpc) is 2.62. The van der Waals surface area contributed by atoms with Gasteiger partial charge in [-0.2, -0.15) is 0 Å². The molecule has 2 heterocycles. The second-order valence-corrected chi connectivity index (χ2v) is 6.86. The summed E-state index contributed by atoms with van der Waals surface area (Å²) >= 11 is 0. The van der Waals surface area contributed by atoms with Gasteiger partial charge in [0.2, 0.25) is 0 Å². The molecule has 1 amide bonds. The van der Waals surface area contributed by atoms with E-state index in [2.05, 4.69) is 23.2 Å². The average molecular weight is 349 g/mol. The summed E-state index contributed by atoms with van der Waals surface area (Å²) in [6.07, 6.45) is 3.08. The third-order valence-electron chi connectivity index (χ3n) is 4.87. The monoisotopic (exact) mass is 349 g/mol. The Balaban J connectivity index is 2.01. The van der Waals surface area contributed by atoms with Crippen molar-refractivity contribution >= 4 is 11.6 Å². The second-order valence-electron chi connectivity index (χ2n) is 6.86. The Bertz CT molecular complexity index is 1050. The van der Waals surface area contributed by atoms with Crippen LogP contribution in [0.2, 0.25) is 0 Å². The first-order valence-electron chi connectivity index (χ1n) is 8.62. The maximum absolute atomic E-state index is 13.0. The lowest BCUT2D eigenvalue weighted by molar-refractivity contribution is 0.0740. The Hall–Kier alpha value is -2.95. The van der Waals surface area contributed by atoms with Gasteiger partial charge in [-0.05, 0) is 50.5 Å². The first-order chi connectivity index (χ1) is 12.3. The molecule has 0 aliphatic rings. The van der Waals surface area contributed by atoms with Crippen molar-refractivity contribution < 1.29 is 4.79 Å². The highest BCUT2D eigenvalue weighted by atomic mass is 16.2. The van der Waals surface area contributed by atoms with E-state index in [0.717, 1.165) is 22.3 Å². The molecule has 0 aliphatic heterocycles. The van der Waals surface area contributed by atoms with Crippen LogP contribution >= 0.6 is 0 Å². The number of nitrogens with zero attached hydrogens (tertiary/aromatic N) is 3. The molecule has 0 bridgehead atoms. The maximum Gasteiger partial charge on any atom is 0.270 e. The fourth-order valence-electron chi connectivity index (χ4n) is 3.11. The lowest BCUT2D eigenvalue weighted by Gasteiger charge is -2.26. The van der Waals surface area contributed by atoms with Gasteiger partial charge in [0.25, 0.3) is 11.5 Å². The summed E-state index contributed by atoms with van der Waals surface area (Å²) in [7, 11) is 1.72. The topological polar surface area (TPSA) is 54.7 Å². The highest BCUT2D eigenvalue weighted by molar-refractivity contribution is 5.93. The molecule has 0 spiro atoms. The largest absolute Gasteiger partial charge is 0.335 e. The zero-order valence-electron chi connectivity index (χ0n) is 15.8. The number of aryl methyl sites for hydroxylation is 3. The van der Waals surface area contributed by atoms with Crippen LogP contribution in [-0.2, 0) is 0 Å². The van der Waals surface area contributed by atoms with E-state index < -0.39 is 0 Å². The van der Waals surface area contributed by atoms with Crippen molar-refractivity contribution in [3.05, 3.63) is 80.9 Å². The zero-order valence-corrected chi connectivity index (χ0v) is 15.8. The van der Waals surface area contributed by atoms with Gasteiger partial charge < -0.3 is 4.90 Å². The molecule has 3 rings (SSSR count). The second kappa shape index (κ2) is 6.75. The molecule has 3 aromatic rings. The summed E-state index contributed by atoms with van der Waals surface area (Å²) in [6.45, 7) is 7.92. The lowest BCUT2D eigenvalue weighted by atomic mass is 9.99. The number of hydrogen-bond donors (Lipinski definition) is 0. The SMILES string of the molecule is Cc1ccc(C)c([C@@H](C)N(C)C(=O)c2cnc3ccc(C)cn3c2=O)c1. The summed E-state index contributed by atoms with van der Waals surface area (Å²) in [5.74, 6) is -0.327. The van der Waals surface area contributed by atoms with Crippen molar-refractivity contribution in [3.8, 4) is 0 Å². The van der Waals surface area contributed by atoms with Crippen LogP contribution in [0.25, 0.3) is 5.65 Å². The standard InChI is InChI=1S/C21H23N3O2/c1-13-6-8-15(3)17(10-13)16(4)23(5)20(25)18-11-22-19-9-7-14(2)12-24(19)21(18)26/h6-12,16H,1-5H3/t16-/m1/s1. The van der Waals surface area contributed by atoms with E-state index in [4.69, 9.17) is 0 Å². The summed E-state index contributed by atoms with van der Waals surface area (Å²) in [4.78, 5) is 31.6. The van der Waals surface area contributed by atoms with Gasteiger partial charge >= 0.3 is 0 Å². The fraction of sp³-hybridized carbons (Fsp3) is 0.286. The Morgan fingerprint density at radius 2 is 1.81 bits per heavy atom. The zero-order chi connectivity index (χ0) is 19.0. The van der Waals surface area contributed by atoms with Crippen LogP contribution in [0, 0.1) is 20.8 Å². The Morgan fingerprint density at radius 3 is 2.54 bits per heavy atom. The number of rotatable bonds is 3. The predicted molar refractivity (Wildman–Crippen MR) is 103 cm³/mol. The van der Waals surface area contributed by atoms with Gasteiger partial charge in [0.15, 0.2) is 0 Å². The molecule has 1 atom stereocenters. The van der Waals surface area contributed by atoms with Crippen molar-refractivity contribution in [2.75, 3.05) is 7.05 Å². The van der Waals surface area contributed by atoms with E-state index in [1.165, 1.54) is 10.6 Å². The molecular formula is C21H23N3O2. The number of aromatic nitrogens is 2. The summed E-state index contributed by atoms with van der Waals surface area (Å²) in [5.41, 5.74) is 4.53. The molecule has 1 aromatic carbocycles. The lowest BCUT2D eigenvalue weighted by Crippen LogP contribution is -2.35. The number of carbonyl (C=O) groups is 1. The number of pyridine rings is 1. The van der Waals surface area contributed by atoms with Crippen molar-refractivity contribution in [2.45, 2.75) is 33.7 Å². The number of benzene rings is 1. The van der Waals surface area contributed by atoms with E-state index in [-0.39, 0.29) is 23.1 Å². The van der Waals surface area contributed by atoms with E-state index in [9.17, 15) is 9.59 Å². The number of fused-ring (bicyclic) bond motifs is 1. The van der Waals surface area contributed by atoms with Crippen molar-refractivity contribution in [2.24, 2.45) is 0 Å². The van der Waals surface area contributed by atoms with Crippen LogP contribution in [-0.4, -0.2) is 27.2 Å². The molecule has 0 radical (unpaired) electrons. The van der Waals surface area contributed by atoms with Crippen molar-refractivity contribution in [1.82, 2.24) is 14.3 Å². The Kier molecular flexibility index (Phi) is 4.64. The fourth-order valence-corrected chi connectivity index (χ4v) is 3.11. The van der Waals surface area contributed by atoms with Gasteiger partial charge in [-0.25, -0.2) is 4.98 Å². The van der Waals surface area contributed by atoms with Gasteiger partial charge in [-0.1, -0.05) is 29.8 Å². The first-order valence-corrected chi connectivity index (χ1v) is 8.62. The number of amides is 1. The Labute approximate surface area is 152 Å². The van der Waals surface area contributed by atoms with Gasteiger partial charge in [0.05, 0.1) is 6.04 Å². The summed E-state index contributed by atoms with van der Waals surface area (Å²) in [5, 5.41) is 0. The highest BCUT2D eigenvalue weighted by Gasteiger charge is 2.23. The van der Waals surface area contributed by atoms with Crippen LogP contribution in [0.4, 0.5) is 0 Å². The molecule has 2 aromatic heterocycles. The highest BCUT2D eigenvalue weighted by Crippen LogP contribution is 2.24. The van der Waals surface area contributed by atoms with Gasteiger partial charge in [0.1, 0.15) is 11.2 Å². The molecule has 0 saturated heterocycles. The molecule has 5 nitrogen and oxygen atoms in total. The minimum atomic E-state index is -0.344. The normalized spacial score (nSPS) is 12.2. The van der Waals surface area contributed by atoms with Gasteiger partial charge in [0, 0.05) is 19.4 Å². The quantitative estimate of drug-likeness (QED) is 0.728. The minimum absolute atomic E-state index is 0.0766. The van der Waals surface area contributed by atoms with Crippen molar-refractivity contribution in [1.29, 1.82) is 0 Å². The molecule has 0 N–H and O–H groups in total. The third kappa shape index (κ3) is 3.12. The Morgan fingerprint density at radius 1 is 1.12 bits per heavy atom. The summed E-state index contributed by atoms with van der Waals surface area (Å²) < 4.78 is 1.43. The molecule has 134 valence electrons. The van der Waals surface area contributed by atoms with Crippen molar-refractivity contribution in [3.63, 3.8) is 0 Å². The van der Waals surface area contributed by atoms with E-state index in [1.54, 1.807) is 24.2 Å². The minimum Gasteiger partial charge on any atom is -0.335 e. The van der Waals surface area contributed by atoms with Crippen LogP contribution in [0.15, 0.2) is 47.5 Å². The molecule has 26 heavy (non-hydrogen) atoms. The van der Waals surface area contributed by atoms with Crippen LogP contribution in [0.1, 0.15) is 45.6 Å². The number of hydrogen-bond acceptors (Lipinski definition) is 3.